The molecule has 10 heteroatoms. The van der Waals surface area contributed by atoms with E-state index in [-0.39, 0.29) is 12.7 Å². The predicted octanol–water partition coefficient (Wildman–Crippen LogP) is 6.35. The van der Waals surface area contributed by atoms with Crippen LogP contribution >= 0.6 is 11.8 Å². The molecule has 0 aliphatic carbocycles. The molecule has 2 aliphatic rings. The van der Waals surface area contributed by atoms with Gasteiger partial charge in [0, 0.05) is 57.9 Å². The molecule has 2 aliphatic heterocycles. The quantitative estimate of drug-likeness (QED) is 0.129. The minimum Gasteiger partial charge on any atom is -0.455 e. The predicted molar refractivity (Wildman–Crippen MR) is 178 cm³/mol. The summed E-state index contributed by atoms with van der Waals surface area (Å²) in [5.41, 5.74) is 4.21. The summed E-state index contributed by atoms with van der Waals surface area (Å²) < 4.78 is 17.0. The maximum Gasteiger partial charge on any atom is 0.289 e. The second-order valence-corrected chi connectivity index (χ2v) is 12.4. The third-order valence-electron chi connectivity index (χ3n) is 8.13. The highest BCUT2D eigenvalue weighted by Crippen LogP contribution is 2.33. The van der Waals surface area contributed by atoms with Crippen molar-refractivity contribution in [3.05, 3.63) is 120 Å². The second-order valence-electron chi connectivity index (χ2n) is 11.4. The van der Waals surface area contributed by atoms with Crippen molar-refractivity contribution in [2.75, 3.05) is 44.9 Å². The summed E-state index contributed by atoms with van der Waals surface area (Å²) in [5.74, 6) is 3.94. The number of hydrogen-bond acceptors (Lipinski definition) is 9. The Hall–Kier alpha value is -4.80. The first-order valence-electron chi connectivity index (χ1n) is 15.4. The lowest BCUT2D eigenvalue weighted by atomic mass is 10.1. The topological polar surface area (TPSA) is 84.2 Å². The molecule has 5 aromatic rings. The zero-order chi connectivity index (χ0) is 31.3. The van der Waals surface area contributed by atoms with Crippen LogP contribution in [0.1, 0.15) is 27.4 Å². The molecule has 1 saturated heterocycles. The molecular weight excluding hydrogens is 598 g/mol. The molecule has 1 amide bonds. The number of thioether (sulfide) groups is 1. The van der Waals surface area contributed by atoms with Crippen molar-refractivity contribution in [3.63, 3.8) is 0 Å². The van der Waals surface area contributed by atoms with Crippen LogP contribution in [0.25, 0.3) is 11.3 Å². The number of rotatable bonds is 10. The highest BCUT2D eigenvalue weighted by atomic mass is 32.2. The fraction of sp³-hybridized carbons (Fsp3) is 0.250. The third-order valence-corrected chi connectivity index (χ3v) is 9.00. The van der Waals surface area contributed by atoms with E-state index < -0.39 is 0 Å². The number of carbonyl (C=O) groups is 1. The monoisotopic (exact) mass is 633 g/mol. The molecule has 0 radical (unpaired) electrons. The van der Waals surface area contributed by atoms with Crippen molar-refractivity contribution in [3.8, 4) is 22.8 Å². The summed E-state index contributed by atoms with van der Waals surface area (Å²) in [5, 5.41) is 0.671. The molecule has 2 aromatic heterocycles. The Morgan fingerprint density at radius 3 is 2.39 bits per heavy atom. The first-order chi connectivity index (χ1) is 22.6. The minimum absolute atomic E-state index is 0.151. The van der Waals surface area contributed by atoms with Gasteiger partial charge >= 0.3 is 0 Å². The fourth-order valence-electron chi connectivity index (χ4n) is 5.65. The number of carbonyl (C=O) groups excluding carboxylic acids is 1. The molecule has 0 N–H and O–H groups in total. The molecule has 0 atom stereocenters. The average Bonchev–Trinajstić information content (AvgIpc) is 3.78. The minimum atomic E-state index is -0.151. The highest BCUT2D eigenvalue weighted by Gasteiger charge is 2.22. The van der Waals surface area contributed by atoms with Crippen molar-refractivity contribution in [2.24, 2.45) is 0 Å². The molecule has 7 rings (SSSR count). The largest absolute Gasteiger partial charge is 0.455 e. The van der Waals surface area contributed by atoms with Gasteiger partial charge in [-0.3, -0.25) is 9.69 Å². The number of piperazine rings is 1. The van der Waals surface area contributed by atoms with Crippen molar-refractivity contribution < 1.29 is 18.7 Å². The lowest BCUT2D eigenvalue weighted by Crippen LogP contribution is -2.46. The van der Waals surface area contributed by atoms with Gasteiger partial charge in [-0.1, -0.05) is 78.5 Å². The molecule has 1 fully saturated rings. The van der Waals surface area contributed by atoms with Gasteiger partial charge in [-0.05, 0) is 35.4 Å². The van der Waals surface area contributed by atoms with Crippen LogP contribution in [0.15, 0.2) is 107 Å². The zero-order valence-corrected chi connectivity index (χ0v) is 26.5. The summed E-state index contributed by atoms with van der Waals surface area (Å²) in [7, 11) is 1.79. The van der Waals surface area contributed by atoms with Crippen LogP contribution in [0, 0.1) is 0 Å². The normalized spacial score (nSPS) is 14.4. The van der Waals surface area contributed by atoms with E-state index in [1.54, 1.807) is 18.0 Å². The molecule has 46 heavy (non-hydrogen) atoms. The van der Waals surface area contributed by atoms with E-state index in [1.807, 2.05) is 60.7 Å². The van der Waals surface area contributed by atoms with Gasteiger partial charge in [-0.2, -0.15) is 0 Å². The molecular formula is C36H35N5O4S. The Balaban J connectivity index is 1.01. The smallest absolute Gasteiger partial charge is 0.289 e. The number of aromatic nitrogens is 2. The van der Waals surface area contributed by atoms with Crippen LogP contribution < -0.4 is 14.4 Å². The average molecular weight is 634 g/mol. The van der Waals surface area contributed by atoms with Crippen molar-refractivity contribution in [2.45, 2.75) is 24.0 Å². The number of benzene rings is 3. The maximum atomic E-state index is 13.0. The van der Waals surface area contributed by atoms with Gasteiger partial charge in [0.05, 0.1) is 11.4 Å². The number of nitrogens with zero attached hydrogens (tertiary/aromatic N) is 5. The van der Waals surface area contributed by atoms with E-state index in [4.69, 9.17) is 23.9 Å². The molecule has 0 saturated carbocycles. The number of furan rings is 1. The number of ether oxygens (including phenoxy) is 2. The maximum absolute atomic E-state index is 13.0. The van der Waals surface area contributed by atoms with E-state index >= 15 is 0 Å². The van der Waals surface area contributed by atoms with E-state index in [2.05, 4.69) is 40.1 Å². The summed E-state index contributed by atoms with van der Waals surface area (Å²) in [4.78, 5) is 29.3. The molecule has 0 spiro atoms. The standard InChI is InChI=1S/C36H35N5O4S/c1-39(22-26-8-4-2-5-9-26)35(42)32-15-13-29(45-32)24-46-36-37-30(28-10-6-3-7-11-28)21-34(38-36)41-18-16-40(17-19-41)23-27-12-14-31-33(20-27)44-25-43-31/h2-15,20-21H,16-19,22-25H2,1H3. The van der Waals surface area contributed by atoms with Gasteiger partial charge in [0.15, 0.2) is 22.4 Å². The first-order valence-corrected chi connectivity index (χ1v) is 16.4. The number of anilines is 1. The zero-order valence-electron chi connectivity index (χ0n) is 25.7. The van der Waals surface area contributed by atoms with Gasteiger partial charge in [0.1, 0.15) is 11.6 Å². The van der Waals surface area contributed by atoms with Crippen molar-refractivity contribution in [1.82, 2.24) is 19.8 Å². The Morgan fingerprint density at radius 2 is 1.59 bits per heavy atom. The summed E-state index contributed by atoms with van der Waals surface area (Å²) in [6.07, 6.45) is 0. The Morgan fingerprint density at radius 1 is 0.826 bits per heavy atom. The number of hydrogen-bond donors (Lipinski definition) is 0. The van der Waals surface area contributed by atoms with Crippen LogP contribution in [0.3, 0.4) is 0 Å². The molecule has 9 nitrogen and oxygen atoms in total. The van der Waals surface area contributed by atoms with E-state index in [0.717, 1.165) is 66.9 Å². The van der Waals surface area contributed by atoms with Crippen molar-refractivity contribution in [1.29, 1.82) is 0 Å². The van der Waals surface area contributed by atoms with Crippen LogP contribution in [0.4, 0.5) is 5.82 Å². The Bertz CT molecular complexity index is 1790. The Kier molecular flexibility index (Phi) is 8.89. The van der Waals surface area contributed by atoms with Gasteiger partial charge in [-0.15, -0.1) is 0 Å². The summed E-state index contributed by atoms with van der Waals surface area (Å²) >= 11 is 1.51. The van der Waals surface area contributed by atoms with Crippen LogP contribution in [0.5, 0.6) is 11.5 Å². The lowest BCUT2D eigenvalue weighted by Gasteiger charge is -2.35. The van der Waals surface area contributed by atoms with Gasteiger partial charge in [-0.25, -0.2) is 9.97 Å². The number of fused-ring (bicyclic) bond motifs is 1. The Labute approximate surface area is 272 Å². The fourth-order valence-corrected chi connectivity index (χ4v) is 6.40. The van der Waals surface area contributed by atoms with Crippen molar-refractivity contribution >= 4 is 23.5 Å². The van der Waals surface area contributed by atoms with Crippen LogP contribution in [-0.2, 0) is 18.8 Å². The molecule has 234 valence electrons. The van der Waals surface area contributed by atoms with E-state index in [0.29, 0.717) is 29.0 Å². The van der Waals surface area contributed by atoms with Gasteiger partial charge < -0.3 is 23.7 Å². The molecule has 4 heterocycles. The number of amides is 1. The molecule has 0 bridgehead atoms. The molecule has 3 aromatic carbocycles. The lowest BCUT2D eigenvalue weighted by molar-refractivity contribution is 0.0752. The van der Waals surface area contributed by atoms with E-state index in [1.165, 1.54) is 17.3 Å². The van der Waals surface area contributed by atoms with Gasteiger partial charge in [0.2, 0.25) is 6.79 Å². The molecule has 0 unspecified atom stereocenters. The SMILES string of the molecule is CN(Cc1ccccc1)C(=O)c1ccc(CSc2nc(-c3ccccc3)cc(N3CCN(Cc4ccc5c(c4)OCO5)CC3)n2)o1. The van der Waals surface area contributed by atoms with Crippen LogP contribution in [-0.4, -0.2) is 65.7 Å². The third kappa shape index (κ3) is 7.03. The summed E-state index contributed by atoms with van der Waals surface area (Å²) in [6, 6.07) is 32.0. The first kappa shape index (κ1) is 29.9. The van der Waals surface area contributed by atoms with Crippen LogP contribution in [0.2, 0.25) is 0 Å². The van der Waals surface area contributed by atoms with E-state index in [9.17, 15) is 4.79 Å². The summed E-state index contributed by atoms with van der Waals surface area (Å²) in [6.45, 7) is 5.23. The second kappa shape index (κ2) is 13.7. The highest BCUT2D eigenvalue weighted by molar-refractivity contribution is 7.98. The van der Waals surface area contributed by atoms with Gasteiger partial charge in [0.25, 0.3) is 5.91 Å².